The SMILES string of the molecule is C[C@H](NC(=O)[C@H]1C[C@@H]1c1cccnc1)c1ccc2c(c1)NC(=O)CO2. The zero-order valence-corrected chi connectivity index (χ0v) is 13.9. The van der Waals surface area contributed by atoms with Gasteiger partial charge in [-0.1, -0.05) is 12.1 Å². The monoisotopic (exact) mass is 337 g/mol. The first-order valence-corrected chi connectivity index (χ1v) is 8.38. The minimum absolute atomic E-state index is 0.00677. The number of pyridine rings is 1. The molecular weight excluding hydrogens is 318 g/mol. The van der Waals surface area contributed by atoms with E-state index in [2.05, 4.69) is 15.6 Å². The molecule has 2 aromatic rings. The second kappa shape index (κ2) is 6.20. The molecular formula is C19H19N3O3. The first-order chi connectivity index (χ1) is 12.1. The lowest BCUT2D eigenvalue weighted by Crippen LogP contribution is -2.29. The van der Waals surface area contributed by atoms with Crippen LogP contribution in [0.4, 0.5) is 5.69 Å². The molecule has 2 aliphatic rings. The van der Waals surface area contributed by atoms with Gasteiger partial charge in [0.05, 0.1) is 11.7 Å². The molecule has 25 heavy (non-hydrogen) atoms. The summed E-state index contributed by atoms with van der Waals surface area (Å²) in [4.78, 5) is 28.0. The summed E-state index contributed by atoms with van der Waals surface area (Å²) in [6.07, 6.45) is 4.42. The van der Waals surface area contributed by atoms with E-state index in [1.807, 2.05) is 43.5 Å². The smallest absolute Gasteiger partial charge is 0.262 e. The Bertz CT molecular complexity index is 822. The minimum Gasteiger partial charge on any atom is -0.482 e. The standard InChI is InChI=1S/C19H19N3O3/c1-11(12-4-5-17-16(7-12)22-18(23)10-25-17)21-19(24)15-8-14(15)13-3-2-6-20-9-13/h2-7,9,11,14-15H,8,10H2,1H3,(H,21,24)(H,22,23)/t11-,14+,15-/m0/s1. The molecule has 2 heterocycles. The summed E-state index contributed by atoms with van der Waals surface area (Å²) in [5.74, 6) is 0.808. The van der Waals surface area contributed by atoms with E-state index in [1.165, 1.54) is 0 Å². The van der Waals surface area contributed by atoms with Crippen LogP contribution in [0.2, 0.25) is 0 Å². The molecule has 2 N–H and O–H groups in total. The van der Waals surface area contributed by atoms with Gasteiger partial charge in [-0.25, -0.2) is 0 Å². The highest BCUT2D eigenvalue weighted by Gasteiger charge is 2.44. The van der Waals surface area contributed by atoms with E-state index in [0.29, 0.717) is 11.4 Å². The molecule has 0 spiro atoms. The summed E-state index contributed by atoms with van der Waals surface area (Å²) >= 11 is 0. The van der Waals surface area contributed by atoms with Gasteiger partial charge in [-0.3, -0.25) is 14.6 Å². The Morgan fingerprint density at radius 2 is 2.28 bits per heavy atom. The average Bonchev–Trinajstić information content (AvgIpc) is 3.42. The first kappa shape index (κ1) is 15.6. The lowest BCUT2D eigenvalue weighted by molar-refractivity contribution is -0.123. The van der Waals surface area contributed by atoms with Crippen LogP contribution in [0, 0.1) is 5.92 Å². The Kier molecular flexibility index (Phi) is 3.87. The first-order valence-electron chi connectivity index (χ1n) is 8.38. The number of carbonyl (C=O) groups excluding carboxylic acids is 2. The zero-order chi connectivity index (χ0) is 17.4. The molecule has 6 heteroatoms. The van der Waals surface area contributed by atoms with Gasteiger partial charge in [0.15, 0.2) is 6.61 Å². The summed E-state index contributed by atoms with van der Waals surface area (Å²) < 4.78 is 5.36. The van der Waals surface area contributed by atoms with Gasteiger partial charge in [0.25, 0.3) is 5.91 Å². The molecule has 0 bridgehead atoms. The van der Waals surface area contributed by atoms with Crippen molar-refractivity contribution < 1.29 is 14.3 Å². The highest BCUT2D eigenvalue weighted by Crippen LogP contribution is 2.47. The summed E-state index contributed by atoms with van der Waals surface area (Å²) in [6, 6.07) is 9.35. The number of ether oxygens (including phenoxy) is 1. The Hall–Kier alpha value is -2.89. The molecule has 3 atom stereocenters. The van der Waals surface area contributed by atoms with E-state index in [4.69, 9.17) is 4.74 Å². The van der Waals surface area contributed by atoms with E-state index >= 15 is 0 Å². The van der Waals surface area contributed by atoms with E-state index in [-0.39, 0.29) is 36.3 Å². The van der Waals surface area contributed by atoms with Crippen LogP contribution in [0.1, 0.15) is 36.4 Å². The summed E-state index contributed by atoms with van der Waals surface area (Å²) in [5.41, 5.74) is 2.69. The Morgan fingerprint density at radius 1 is 1.40 bits per heavy atom. The molecule has 1 fully saturated rings. The van der Waals surface area contributed by atoms with Crippen molar-refractivity contribution in [1.82, 2.24) is 10.3 Å². The second-order valence-corrected chi connectivity index (χ2v) is 6.56. The highest BCUT2D eigenvalue weighted by atomic mass is 16.5. The maximum Gasteiger partial charge on any atom is 0.262 e. The average molecular weight is 337 g/mol. The van der Waals surface area contributed by atoms with Crippen molar-refractivity contribution in [3.05, 3.63) is 53.9 Å². The number of benzene rings is 1. The van der Waals surface area contributed by atoms with Gasteiger partial charge in [-0.15, -0.1) is 0 Å². The van der Waals surface area contributed by atoms with Gasteiger partial charge in [0.2, 0.25) is 5.91 Å². The number of hydrogen-bond donors (Lipinski definition) is 2. The molecule has 6 nitrogen and oxygen atoms in total. The molecule has 0 saturated heterocycles. The number of anilines is 1. The van der Waals surface area contributed by atoms with E-state index in [1.54, 1.807) is 6.20 Å². The van der Waals surface area contributed by atoms with Crippen LogP contribution in [0.15, 0.2) is 42.7 Å². The topological polar surface area (TPSA) is 80.3 Å². The van der Waals surface area contributed by atoms with Crippen molar-refractivity contribution in [2.75, 3.05) is 11.9 Å². The zero-order valence-electron chi connectivity index (χ0n) is 13.9. The number of rotatable bonds is 4. The van der Waals surface area contributed by atoms with Crippen molar-refractivity contribution in [3.63, 3.8) is 0 Å². The lowest BCUT2D eigenvalue weighted by Gasteiger charge is -2.21. The minimum atomic E-state index is -0.168. The van der Waals surface area contributed by atoms with Crippen molar-refractivity contribution in [3.8, 4) is 5.75 Å². The summed E-state index contributed by atoms with van der Waals surface area (Å²) in [6.45, 7) is 1.97. The number of nitrogens with one attached hydrogen (secondary N) is 2. The molecule has 4 rings (SSSR count). The molecule has 0 unspecified atom stereocenters. The molecule has 2 amide bonds. The number of amides is 2. The molecule has 1 aliphatic heterocycles. The largest absolute Gasteiger partial charge is 0.482 e. The fourth-order valence-corrected chi connectivity index (χ4v) is 3.22. The van der Waals surface area contributed by atoms with Crippen molar-refractivity contribution in [2.24, 2.45) is 5.92 Å². The van der Waals surface area contributed by atoms with E-state index in [9.17, 15) is 9.59 Å². The third-order valence-corrected chi connectivity index (χ3v) is 4.74. The van der Waals surface area contributed by atoms with E-state index in [0.717, 1.165) is 17.5 Å². The molecule has 1 saturated carbocycles. The molecule has 1 aromatic heterocycles. The van der Waals surface area contributed by atoms with Gasteiger partial charge in [0, 0.05) is 18.3 Å². The highest BCUT2D eigenvalue weighted by molar-refractivity contribution is 5.95. The van der Waals surface area contributed by atoms with Crippen LogP contribution in [-0.4, -0.2) is 23.4 Å². The molecule has 1 aliphatic carbocycles. The Morgan fingerprint density at radius 3 is 3.08 bits per heavy atom. The predicted molar refractivity (Wildman–Crippen MR) is 92.2 cm³/mol. The number of fused-ring (bicyclic) bond motifs is 1. The van der Waals surface area contributed by atoms with Crippen molar-refractivity contribution in [2.45, 2.75) is 25.3 Å². The maximum atomic E-state index is 12.5. The Labute approximate surface area is 145 Å². The van der Waals surface area contributed by atoms with Crippen molar-refractivity contribution >= 4 is 17.5 Å². The molecule has 0 radical (unpaired) electrons. The van der Waals surface area contributed by atoms with Crippen molar-refractivity contribution in [1.29, 1.82) is 0 Å². The molecule has 128 valence electrons. The predicted octanol–water partition coefficient (Wildman–Crippen LogP) is 2.39. The number of aromatic nitrogens is 1. The lowest BCUT2D eigenvalue weighted by atomic mass is 10.1. The van der Waals surface area contributed by atoms with Crippen LogP contribution in [0.5, 0.6) is 5.75 Å². The van der Waals surface area contributed by atoms with Gasteiger partial charge in [-0.2, -0.15) is 0 Å². The second-order valence-electron chi connectivity index (χ2n) is 6.56. The van der Waals surface area contributed by atoms with E-state index < -0.39 is 0 Å². The summed E-state index contributed by atoms with van der Waals surface area (Å²) in [7, 11) is 0. The maximum absolute atomic E-state index is 12.5. The number of carbonyl (C=O) groups is 2. The fraction of sp³-hybridized carbons (Fsp3) is 0.316. The van der Waals surface area contributed by atoms with Gasteiger partial charge in [-0.05, 0) is 48.6 Å². The van der Waals surface area contributed by atoms with Crippen LogP contribution in [0.3, 0.4) is 0 Å². The third kappa shape index (κ3) is 3.20. The van der Waals surface area contributed by atoms with Crippen LogP contribution in [-0.2, 0) is 9.59 Å². The quantitative estimate of drug-likeness (QED) is 0.898. The number of hydrogen-bond acceptors (Lipinski definition) is 4. The van der Waals surface area contributed by atoms with Crippen LogP contribution in [0.25, 0.3) is 0 Å². The van der Waals surface area contributed by atoms with Crippen LogP contribution >= 0.6 is 0 Å². The molecule has 1 aromatic carbocycles. The van der Waals surface area contributed by atoms with Gasteiger partial charge >= 0.3 is 0 Å². The number of nitrogens with zero attached hydrogens (tertiary/aromatic N) is 1. The van der Waals surface area contributed by atoms with Gasteiger partial charge < -0.3 is 15.4 Å². The van der Waals surface area contributed by atoms with Gasteiger partial charge in [0.1, 0.15) is 5.75 Å². The third-order valence-electron chi connectivity index (χ3n) is 4.74. The fourth-order valence-electron chi connectivity index (χ4n) is 3.22. The summed E-state index contributed by atoms with van der Waals surface area (Å²) in [5, 5.41) is 5.85. The normalized spacial score (nSPS) is 22.2. The Balaban J connectivity index is 1.41. The van der Waals surface area contributed by atoms with Crippen LogP contribution < -0.4 is 15.4 Å².